The average molecular weight is 350 g/mol. The van der Waals surface area contributed by atoms with E-state index in [-0.39, 0.29) is 15.1 Å². The van der Waals surface area contributed by atoms with E-state index in [9.17, 15) is 13.7 Å². The molecule has 0 aliphatic heterocycles. The molecule has 0 N–H and O–H groups in total. The third-order valence-electron chi connectivity index (χ3n) is 3.00. The van der Waals surface area contributed by atoms with Gasteiger partial charge in [0.2, 0.25) is 9.84 Å². The number of hydrogen-bond donors (Lipinski definition) is 0. The predicted molar refractivity (Wildman–Crippen MR) is 84.4 cm³/mol. The number of rotatable bonds is 3. The molecule has 8 heteroatoms. The van der Waals surface area contributed by atoms with E-state index in [1.54, 1.807) is 41.8 Å². The maximum Gasteiger partial charge on any atom is 0.209 e. The van der Waals surface area contributed by atoms with Gasteiger partial charge in [-0.25, -0.2) is 18.4 Å². The summed E-state index contributed by atoms with van der Waals surface area (Å²) in [6.07, 6.45) is 0. The van der Waals surface area contributed by atoms with E-state index < -0.39 is 15.1 Å². The largest absolute Gasteiger partial charge is 0.245 e. The Balaban J connectivity index is 2.20. The van der Waals surface area contributed by atoms with E-state index >= 15 is 0 Å². The molecule has 0 saturated heterocycles. The number of nitriles is 1. The maximum absolute atomic E-state index is 12.6. The number of thiophene rings is 1. The number of aromatic nitrogens is 2. The Labute approximate surface area is 135 Å². The molecule has 0 aliphatic carbocycles. The van der Waals surface area contributed by atoms with Crippen LogP contribution >= 0.6 is 22.9 Å². The molecule has 110 valence electrons. The van der Waals surface area contributed by atoms with Gasteiger partial charge in [0.05, 0.1) is 17.1 Å². The minimum atomic E-state index is -3.88. The minimum Gasteiger partial charge on any atom is -0.245 e. The number of para-hydroxylation sites is 2. The van der Waals surface area contributed by atoms with E-state index in [2.05, 4.69) is 9.97 Å². The summed E-state index contributed by atoms with van der Waals surface area (Å²) in [5, 5.41) is 9.42. The van der Waals surface area contributed by atoms with Crippen LogP contribution in [0.2, 0.25) is 5.15 Å². The van der Waals surface area contributed by atoms with Gasteiger partial charge in [0, 0.05) is 0 Å². The molecule has 0 aliphatic rings. The fourth-order valence-corrected chi connectivity index (χ4v) is 4.82. The van der Waals surface area contributed by atoms with Crippen molar-refractivity contribution >= 4 is 43.8 Å². The van der Waals surface area contributed by atoms with E-state index in [1.165, 1.54) is 6.07 Å². The number of halogens is 1. The number of benzene rings is 1. The second-order valence-corrected chi connectivity index (χ2v) is 7.94. The van der Waals surface area contributed by atoms with Crippen LogP contribution in [0.3, 0.4) is 0 Å². The Morgan fingerprint density at radius 1 is 1.14 bits per heavy atom. The van der Waals surface area contributed by atoms with Gasteiger partial charge < -0.3 is 0 Å². The zero-order chi connectivity index (χ0) is 15.7. The summed E-state index contributed by atoms with van der Waals surface area (Å²) in [6.45, 7) is 0. The Hall–Kier alpha value is -2.01. The third-order valence-corrected chi connectivity index (χ3v) is 6.58. The standard InChI is InChI=1S/C14H8ClN3O2S2/c15-14-13(17-9-4-1-2-5-10(9)18-14)11(8-16)22(19,20)12-6-3-7-21-12/h1-7,11H/t11-/m0/s1. The zero-order valence-corrected chi connectivity index (χ0v) is 13.4. The van der Waals surface area contributed by atoms with Crippen LogP contribution in [0, 0.1) is 11.3 Å². The number of nitrogens with zero attached hydrogens (tertiary/aromatic N) is 3. The van der Waals surface area contributed by atoms with E-state index in [4.69, 9.17) is 11.6 Å². The molecule has 0 radical (unpaired) electrons. The molecule has 5 nitrogen and oxygen atoms in total. The van der Waals surface area contributed by atoms with Crippen LogP contribution < -0.4 is 0 Å². The first-order chi connectivity index (χ1) is 10.5. The molecule has 3 rings (SSSR count). The summed E-state index contributed by atoms with van der Waals surface area (Å²) < 4.78 is 25.3. The fraction of sp³-hybridized carbons (Fsp3) is 0.0714. The van der Waals surface area contributed by atoms with E-state index in [0.717, 1.165) is 11.3 Å². The molecule has 0 fully saturated rings. The van der Waals surface area contributed by atoms with Crippen molar-refractivity contribution in [3.05, 3.63) is 52.6 Å². The molecule has 0 unspecified atom stereocenters. The van der Waals surface area contributed by atoms with Crippen molar-refractivity contribution in [3.8, 4) is 6.07 Å². The summed E-state index contributed by atoms with van der Waals surface area (Å²) in [5.41, 5.74) is 0.987. The summed E-state index contributed by atoms with van der Waals surface area (Å²) in [7, 11) is -3.88. The maximum atomic E-state index is 12.6. The first-order valence-corrected chi connectivity index (χ1v) is 8.93. The molecule has 2 aromatic heterocycles. The Bertz CT molecular complexity index is 979. The summed E-state index contributed by atoms with van der Waals surface area (Å²) in [5.74, 6) is 0. The van der Waals surface area contributed by atoms with Gasteiger partial charge in [-0.1, -0.05) is 29.8 Å². The highest BCUT2D eigenvalue weighted by Crippen LogP contribution is 2.33. The van der Waals surface area contributed by atoms with Gasteiger partial charge in [0.25, 0.3) is 0 Å². The Morgan fingerprint density at radius 2 is 1.82 bits per heavy atom. The SMILES string of the molecule is N#C[C@@H](c1nc2ccccc2nc1Cl)S(=O)(=O)c1cccs1. The van der Waals surface area contributed by atoms with Crippen molar-refractivity contribution in [3.63, 3.8) is 0 Å². The lowest BCUT2D eigenvalue weighted by molar-refractivity contribution is 0.592. The molecule has 0 saturated carbocycles. The number of fused-ring (bicyclic) bond motifs is 1. The topological polar surface area (TPSA) is 83.7 Å². The predicted octanol–water partition coefficient (Wildman–Crippen LogP) is 3.38. The summed E-state index contributed by atoms with van der Waals surface area (Å²) in [6, 6.07) is 11.8. The van der Waals surface area contributed by atoms with E-state index in [1.807, 2.05) is 0 Å². The van der Waals surface area contributed by atoms with Crippen molar-refractivity contribution in [1.82, 2.24) is 9.97 Å². The quantitative estimate of drug-likeness (QED) is 0.723. The fourth-order valence-electron chi connectivity index (χ4n) is 1.98. The molecule has 22 heavy (non-hydrogen) atoms. The minimum absolute atomic E-state index is 0.0451. The molecule has 1 aromatic carbocycles. The van der Waals surface area contributed by atoms with Crippen molar-refractivity contribution in [1.29, 1.82) is 5.26 Å². The lowest BCUT2D eigenvalue weighted by Gasteiger charge is -2.11. The van der Waals surface area contributed by atoms with Gasteiger partial charge in [-0.3, -0.25) is 0 Å². The first-order valence-electron chi connectivity index (χ1n) is 6.13. The van der Waals surface area contributed by atoms with Gasteiger partial charge in [-0.15, -0.1) is 11.3 Å². The second kappa shape index (κ2) is 5.65. The summed E-state index contributed by atoms with van der Waals surface area (Å²) in [4.78, 5) is 8.36. The van der Waals surface area contributed by atoms with E-state index in [0.29, 0.717) is 11.0 Å². The van der Waals surface area contributed by atoms with Gasteiger partial charge in [0.1, 0.15) is 9.90 Å². The van der Waals surface area contributed by atoms with Crippen molar-refractivity contribution in [2.45, 2.75) is 9.46 Å². The first kappa shape index (κ1) is 14.9. The monoisotopic (exact) mass is 349 g/mol. The second-order valence-electron chi connectivity index (χ2n) is 4.37. The molecule has 0 spiro atoms. The molecule has 0 bridgehead atoms. The Morgan fingerprint density at radius 3 is 2.41 bits per heavy atom. The average Bonchev–Trinajstić information content (AvgIpc) is 3.03. The van der Waals surface area contributed by atoms with Gasteiger partial charge in [0.15, 0.2) is 10.4 Å². The molecule has 0 amide bonds. The zero-order valence-electron chi connectivity index (χ0n) is 11.0. The lowest BCUT2D eigenvalue weighted by atomic mass is 10.2. The molecular weight excluding hydrogens is 342 g/mol. The highest BCUT2D eigenvalue weighted by molar-refractivity contribution is 7.93. The highest BCUT2D eigenvalue weighted by Gasteiger charge is 2.33. The van der Waals surface area contributed by atoms with Crippen LogP contribution in [-0.4, -0.2) is 18.4 Å². The van der Waals surface area contributed by atoms with Crippen LogP contribution in [0.5, 0.6) is 0 Å². The van der Waals surface area contributed by atoms with Crippen molar-refractivity contribution < 1.29 is 8.42 Å². The summed E-state index contributed by atoms with van der Waals surface area (Å²) >= 11 is 7.11. The van der Waals surface area contributed by atoms with Crippen LogP contribution in [0.4, 0.5) is 0 Å². The third kappa shape index (κ3) is 2.46. The van der Waals surface area contributed by atoms with Crippen LogP contribution in [0.25, 0.3) is 11.0 Å². The van der Waals surface area contributed by atoms with Gasteiger partial charge in [-0.05, 0) is 23.6 Å². The van der Waals surface area contributed by atoms with Crippen molar-refractivity contribution in [2.75, 3.05) is 0 Å². The number of sulfone groups is 1. The van der Waals surface area contributed by atoms with Crippen molar-refractivity contribution in [2.24, 2.45) is 0 Å². The van der Waals surface area contributed by atoms with Gasteiger partial charge in [-0.2, -0.15) is 5.26 Å². The smallest absolute Gasteiger partial charge is 0.209 e. The highest BCUT2D eigenvalue weighted by atomic mass is 35.5. The van der Waals surface area contributed by atoms with Crippen LogP contribution in [0.15, 0.2) is 46.0 Å². The molecule has 2 heterocycles. The Kier molecular flexibility index (Phi) is 3.83. The van der Waals surface area contributed by atoms with Crippen LogP contribution in [-0.2, 0) is 9.84 Å². The molecular formula is C14H8ClN3O2S2. The normalized spacial score (nSPS) is 12.9. The number of hydrogen-bond acceptors (Lipinski definition) is 6. The van der Waals surface area contributed by atoms with Crippen LogP contribution in [0.1, 0.15) is 10.9 Å². The molecule has 1 atom stereocenters. The van der Waals surface area contributed by atoms with Gasteiger partial charge >= 0.3 is 0 Å². The lowest BCUT2D eigenvalue weighted by Crippen LogP contribution is -2.14. The molecule has 3 aromatic rings.